The molecule has 19 heavy (non-hydrogen) atoms. The molecule has 2 atom stereocenters. The SMILES string of the molecule is Cc1ccc([C@H](C)NCC(C)c2ccccc2)cc1. The second kappa shape index (κ2) is 6.53. The Morgan fingerprint density at radius 3 is 2.11 bits per heavy atom. The van der Waals surface area contributed by atoms with E-state index in [2.05, 4.69) is 80.7 Å². The highest BCUT2D eigenvalue weighted by molar-refractivity contribution is 5.24. The Balaban J connectivity index is 1.90. The molecule has 2 aromatic carbocycles. The summed E-state index contributed by atoms with van der Waals surface area (Å²) >= 11 is 0. The van der Waals surface area contributed by atoms with Gasteiger partial charge in [0.15, 0.2) is 0 Å². The van der Waals surface area contributed by atoms with Gasteiger partial charge in [0.2, 0.25) is 0 Å². The standard InChI is InChI=1S/C18H23N/c1-14-9-11-18(12-10-14)16(3)19-13-15(2)17-7-5-4-6-8-17/h4-12,15-16,19H,13H2,1-3H3/t15?,16-/m0/s1. The van der Waals surface area contributed by atoms with Gasteiger partial charge in [0.25, 0.3) is 0 Å². The van der Waals surface area contributed by atoms with Crippen LogP contribution in [0.5, 0.6) is 0 Å². The minimum Gasteiger partial charge on any atom is -0.310 e. The molecule has 0 heterocycles. The van der Waals surface area contributed by atoms with Gasteiger partial charge in [-0.1, -0.05) is 67.1 Å². The highest BCUT2D eigenvalue weighted by Crippen LogP contribution is 2.17. The molecule has 1 nitrogen and oxygen atoms in total. The zero-order valence-corrected chi connectivity index (χ0v) is 12.1. The first kappa shape index (κ1) is 13.8. The summed E-state index contributed by atoms with van der Waals surface area (Å²) in [6, 6.07) is 19.8. The fourth-order valence-electron chi connectivity index (χ4n) is 2.23. The molecular weight excluding hydrogens is 230 g/mol. The van der Waals surface area contributed by atoms with Gasteiger partial charge in [0.1, 0.15) is 0 Å². The molecule has 1 unspecified atom stereocenters. The van der Waals surface area contributed by atoms with Crippen LogP contribution in [-0.2, 0) is 0 Å². The van der Waals surface area contributed by atoms with Gasteiger partial charge in [-0.3, -0.25) is 0 Å². The van der Waals surface area contributed by atoms with Crippen molar-refractivity contribution in [1.29, 1.82) is 0 Å². The lowest BCUT2D eigenvalue weighted by Crippen LogP contribution is -2.23. The highest BCUT2D eigenvalue weighted by atomic mass is 14.9. The van der Waals surface area contributed by atoms with Crippen molar-refractivity contribution >= 4 is 0 Å². The minimum atomic E-state index is 0.395. The lowest BCUT2D eigenvalue weighted by molar-refractivity contribution is 0.537. The Hall–Kier alpha value is -1.60. The Labute approximate surface area is 116 Å². The molecule has 0 bridgehead atoms. The van der Waals surface area contributed by atoms with E-state index >= 15 is 0 Å². The lowest BCUT2D eigenvalue weighted by Gasteiger charge is -2.18. The van der Waals surface area contributed by atoms with Crippen molar-refractivity contribution < 1.29 is 0 Å². The first-order chi connectivity index (χ1) is 9.16. The van der Waals surface area contributed by atoms with E-state index < -0.39 is 0 Å². The number of rotatable bonds is 5. The van der Waals surface area contributed by atoms with E-state index in [9.17, 15) is 0 Å². The van der Waals surface area contributed by atoms with Crippen LogP contribution in [0.1, 0.15) is 42.5 Å². The number of benzene rings is 2. The third kappa shape index (κ3) is 3.93. The summed E-state index contributed by atoms with van der Waals surface area (Å²) in [5, 5.41) is 3.62. The van der Waals surface area contributed by atoms with Gasteiger partial charge in [0, 0.05) is 12.6 Å². The number of hydrogen-bond donors (Lipinski definition) is 1. The van der Waals surface area contributed by atoms with Crippen molar-refractivity contribution in [2.75, 3.05) is 6.54 Å². The molecule has 0 aliphatic heterocycles. The topological polar surface area (TPSA) is 12.0 Å². The molecule has 0 spiro atoms. The van der Waals surface area contributed by atoms with E-state index in [1.165, 1.54) is 16.7 Å². The molecule has 2 aromatic rings. The summed E-state index contributed by atoms with van der Waals surface area (Å²) in [5.41, 5.74) is 4.06. The molecule has 1 N–H and O–H groups in total. The van der Waals surface area contributed by atoms with E-state index in [1.54, 1.807) is 0 Å². The van der Waals surface area contributed by atoms with Gasteiger partial charge in [-0.15, -0.1) is 0 Å². The molecule has 0 aliphatic carbocycles. The Morgan fingerprint density at radius 1 is 0.842 bits per heavy atom. The summed E-state index contributed by atoms with van der Waals surface area (Å²) in [4.78, 5) is 0. The lowest BCUT2D eigenvalue weighted by atomic mass is 10.00. The van der Waals surface area contributed by atoms with Crippen molar-refractivity contribution in [3.8, 4) is 0 Å². The molecular formula is C18H23N. The summed E-state index contributed by atoms with van der Waals surface area (Å²) in [5.74, 6) is 0.536. The third-order valence-corrected chi connectivity index (χ3v) is 3.68. The molecule has 0 amide bonds. The zero-order chi connectivity index (χ0) is 13.7. The van der Waals surface area contributed by atoms with Crippen LogP contribution in [0.15, 0.2) is 54.6 Å². The van der Waals surface area contributed by atoms with E-state index in [-0.39, 0.29) is 0 Å². The first-order valence-corrected chi connectivity index (χ1v) is 7.01. The maximum Gasteiger partial charge on any atom is 0.0292 e. The summed E-state index contributed by atoms with van der Waals surface area (Å²) in [6.45, 7) is 7.62. The van der Waals surface area contributed by atoms with Crippen LogP contribution in [0.3, 0.4) is 0 Å². The van der Waals surface area contributed by atoms with Crippen molar-refractivity contribution in [2.45, 2.75) is 32.7 Å². The molecule has 0 aromatic heterocycles. The van der Waals surface area contributed by atoms with Gasteiger partial charge in [-0.05, 0) is 30.9 Å². The maximum atomic E-state index is 3.62. The maximum absolute atomic E-state index is 3.62. The predicted octanol–water partition coefficient (Wildman–Crippen LogP) is 4.45. The number of hydrogen-bond acceptors (Lipinski definition) is 1. The second-order valence-corrected chi connectivity index (χ2v) is 5.35. The van der Waals surface area contributed by atoms with Crippen molar-refractivity contribution in [2.24, 2.45) is 0 Å². The fraction of sp³-hybridized carbons (Fsp3) is 0.333. The molecule has 1 heteroatoms. The van der Waals surface area contributed by atoms with Gasteiger partial charge in [-0.25, -0.2) is 0 Å². The van der Waals surface area contributed by atoms with Crippen LogP contribution in [0.4, 0.5) is 0 Å². The quantitative estimate of drug-likeness (QED) is 0.830. The largest absolute Gasteiger partial charge is 0.310 e. The summed E-state index contributed by atoms with van der Waals surface area (Å²) < 4.78 is 0. The van der Waals surface area contributed by atoms with Crippen LogP contribution in [0.25, 0.3) is 0 Å². The molecule has 0 fully saturated rings. The van der Waals surface area contributed by atoms with Crippen LogP contribution in [0, 0.1) is 6.92 Å². The van der Waals surface area contributed by atoms with Gasteiger partial charge in [0.05, 0.1) is 0 Å². The zero-order valence-electron chi connectivity index (χ0n) is 12.1. The number of aryl methyl sites for hydroxylation is 1. The minimum absolute atomic E-state index is 0.395. The van der Waals surface area contributed by atoms with Crippen LogP contribution >= 0.6 is 0 Å². The van der Waals surface area contributed by atoms with Gasteiger partial charge in [-0.2, -0.15) is 0 Å². The average Bonchev–Trinajstić information content (AvgIpc) is 2.46. The highest BCUT2D eigenvalue weighted by Gasteiger charge is 2.08. The van der Waals surface area contributed by atoms with Crippen molar-refractivity contribution in [1.82, 2.24) is 5.32 Å². The molecule has 0 radical (unpaired) electrons. The fourth-order valence-corrected chi connectivity index (χ4v) is 2.23. The average molecular weight is 253 g/mol. The Bertz CT molecular complexity index is 487. The summed E-state index contributed by atoms with van der Waals surface area (Å²) in [7, 11) is 0. The van der Waals surface area contributed by atoms with Gasteiger partial charge < -0.3 is 5.32 Å². The van der Waals surface area contributed by atoms with E-state index in [0.717, 1.165) is 6.54 Å². The second-order valence-electron chi connectivity index (χ2n) is 5.35. The number of nitrogens with one attached hydrogen (secondary N) is 1. The van der Waals surface area contributed by atoms with E-state index in [0.29, 0.717) is 12.0 Å². The van der Waals surface area contributed by atoms with Crippen molar-refractivity contribution in [3.05, 3.63) is 71.3 Å². The van der Waals surface area contributed by atoms with Gasteiger partial charge >= 0.3 is 0 Å². The monoisotopic (exact) mass is 253 g/mol. The van der Waals surface area contributed by atoms with Crippen LogP contribution in [0.2, 0.25) is 0 Å². The molecule has 0 aliphatic rings. The van der Waals surface area contributed by atoms with Crippen LogP contribution < -0.4 is 5.32 Å². The molecule has 100 valence electrons. The van der Waals surface area contributed by atoms with E-state index in [4.69, 9.17) is 0 Å². The normalized spacial score (nSPS) is 14.1. The molecule has 0 saturated carbocycles. The van der Waals surface area contributed by atoms with E-state index in [1.807, 2.05) is 0 Å². The molecule has 0 saturated heterocycles. The first-order valence-electron chi connectivity index (χ1n) is 7.01. The smallest absolute Gasteiger partial charge is 0.0292 e. The molecule has 2 rings (SSSR count). The summed E-state index contributed by atoms with van der Waals surface area (Å²) in [6.07, 6.45) is 0. The Morgan fingerprint density at radius 2 is 1.47 bits per heavy atom. The van der Waals surface area contributed by atoms with Crippen LogP contribution in [-0.4, -0.2) is 6.54 Å². The predicted molar refractivity (Wildman–Crippen MR) is 82.5 cm³/mol. The van der Waals surface area contributed by atoms with Crippen molar-refractivity contribution in [3.63, 3.8) is 0 Å². The third-order valence-electron chi connectivity index (χ3n) is 3.68. The Kier molecular flexibility index (Phi) is 4.75.